The molecular weight excluding hydrogens is 356 g/mol. The van der Waals surface area contributed by atoms with Gasteiger partial charge in [-0.05, 0) is 23.6 Å². The molecule has 8 heteroatoms. The van der Waals surface area contributed by atoms with E-state index in [1.54, 1.807) is 36.4 Å². The fourth-order valence-corrected chi connectivity index (χ4v) is 4.86. The van der Waals surface area contributed by atoms with E-state index in [0.717, 1.165) is 5.39 Å². The normalized spacial score (nSPS) is 14.5. The number of anilines is 1. The molecule has 3 aromatic carbocycles. The van der Waals surface area contributed by atoms with Crippen molar-refractivity contribution >= 4 is 32.2 Å². The van der Waals surface area contributed by atoms with Crippen LogP contribution < -0.4 is 9.04 Å². The average molecular weight is 370 g/mol. The summed E-state index contributed by atoms with van der Waals surface area (Å²) in [5.74, 6) is 0.116. The minimum Gasteiger partial charge on any atom is -0.485 e. The predicted octanol–water partition coefficient (Wildman–Crippen LogP) is 3.34. The lowest BCUT2D eigenvalue weighted by Crippen LogP contribution is -2.31. The third-order valence-corrected chi connectivity index (χ3v) is 6.15. The molecule has 1 heterocycles. The highest BCUT2D eigenvalue weighted by molar-refractivity contribution is 7.93. The van der Waals surface area contributed by atoms with Crippen LogP contribution in [0, 0.1) is 10.1 Å². The molecule has 26 heavy (non-hydrogen) atoms. The quantitative estimate of drug-likeness (QED) is 0.508. The van der Waals surface area contributed by atoms with Crippen molar-refractivity contribution in [3.8, 4) is 5.75 Å². The maximum atomic E-state index is 12.8. The van der Waals surface area contributed by atoms with Crippen molar-refractivity contribution in [2.45, 2.75) is 4.90 Å². The van der Waals surface area contributed by atoms with Crippen LogP contribution >= 0.6 is 0 Å². The first kappa shape index (κ1) is 16.3. The van der Waals surface area contributed by atoms with Crippen LogP contribution in [0.2, 0.25) is 0 Å². The molecule has 7 nitrogen and oxygen atoms in total. The maximum absolute atomic E-state index is 12.8. The van der Waals surface area contributed by atoms with Crippen LogP contribution in [0.1, 0.15) is 0 Å². The SMILES string of the molecule is O=[N+]([O-])c1ccccc1OCCN1c2cccc3cccc(c23)S1(=O)=O. The molecule has 1 aliphatic rings. The van der Waals surface area contributed by atoms with Gasteiger partial charge in [0.1, 0.15) is 6.61 Å². The van der Waals surface area contributed by atoms with Gasteiger partial charge in [-0.2, -0.15) is 0 Å². The minimum absolute atomic E-state index is 0.00550. The molecule has 0 atom stereocenters. The number of nitro groups is 1. The summed E-state index contributed by atoms with van der Waals surface area (Å²) in [6.07, 6.45) is 0. The lowest BCUT2D eigenvalue weighted by molar-refractivity contribution is -0.385. The zero-order valence-electron chi connectivity index (χ0n) is 13.5. The second-order valence-electron chi connectivity index (χ2n) is 5.78. The molecule has 0 spiro atoms. The molecular formula is C18H14N2O5S. The Kier molecular flexibility index (Phi) is 3.77. The van der Waals surface area contributed by atoms with E-state index in [9.17, 15) is 18.5 Å². The molecule has 4 rings (SSSR count). The summed E-state index contributed by atoms with van der Waals surface area (Å²) in [4.78, 5) is 10.8. The maximum Gasteiger partial charge on any atom is 0.310 e. The van der Waals surface area contributed by atoms with Crippen LogP contribution in [0.25, 0.3) is 10.8 Å². The van der Waals surface area contributed by atoms with E-state index in [1.165, 1.54) is 16.4 Å². The first-order chi connectivity index (χ1) is 12.5. The Balaban J connectivity index is 1.61. The predicted molar refractivity (Wildman–Crippen MR) is 97.1 cm³/mol. The van der Waals surface area contributed by atoms with Gasteiger partial charge in [0.15, 0.2) is 5.75 Å². The smallest absolute Gasteiger partial charge is 0.310 e. The van der Waals surface area contributed by atoms with E-state index in [-0.39, 0.29) is 29.5 Å². The summed E-state index contributed by atoms with van der Waals surface area (Å²) in [6.45, 7) is 0.0522. The molecule has 0 aliphatic carbocycles. The molecule has 3 aromatic rings. The molecule has 0 saturated heterocycles. The van der Waals surface area contributed by atoms with E-state index >= 15 is 0 Å². The third kappa shape index (κ3) is 2.46. The number of ether oxygens (including phenoxy) is 1. The zero-order valence-corrected chi connectivity index (χ0v) is 14.3. The van der Waals surface area contributed by atoms with Gasteiger partial charge in [-0.15, -0.1) is 0 Å². The topological polar surface area (TPSA) is 89.8 Å². The number of nitro benzene ring substituents is 1. The Morgan fingerprint density at radius 1 is 1.00 bits per heavy atom. The number of hydrogen-bond acceptors (Lipinski definition) is 5. The third-order valence-electron chi connectivity index (χ3n) is 4.30. The number of sulfonamides is 1. The first-order valence-electron chi connectivity index (χ1n) is 7.91. The zero-order chi connectivity index (χ0) is 18.3. The monoisotopic (exact) mass is 370 g/mol. The van der Waals surface area contributed by atoms with Crippen LogP contribution in [0.4, 0.5) is 11.4 Å². The van der Waals surface area contributed by atoms with Crippen LogP contribution in [-0.4, -0.2) is 26.5 Å². The fraction of sp³-hybridized carbons (Fsp3) is 0.111. The van der Waals surface area contributed by atoms with Gasteiger partial charge in [-0.3, -0.25) is 14.4 Å². The summed E-state index contributed by atoms with van der Waals surface area (Å²) in [5, 5.41) is 12.6. The van der Waals surface area contributed by atoms with Crippen molar-refractivity contribution in [2.24, 2.45) is 0 Å². The van der Waals surface area contributed by atoms with Crippen molar-refractivity contribution in [1.29, 1.82) is 0 Å². The first-order valence-corrected chi connectivity index (χ1v) is 9.35. The molecule has 0 bridgehead atoms. The molecule has 0 aromatic heterocycles. The molecule has 0 radical (unpaired) electrons. The fourth-order valence-electron chi connectivity index (χ4n) is 3.17. The number of benzene rings is 3. The molecule has 0 unspecified atom stereocenters. The van der Waals surface area contributed by atoms with Crippen molar-refractivity contribution in [3.05, 3.63) is 70.8 Å². The lowest BCUT2D eigenvalue weighted by atomic mass is 10.1. The molecule has 0 amide bonds. The Bertz CT molecular complexity index is 1120. The van der Waals surface area contributed by atoms with Crippen LogP contribution in [-0.2, 0) is 10.0 Å². The highest BCUT2D eigenvalue weighted by Crippen LogP contribution is 2.41. The van der Waals surface area contributed by atoms with Gasteiger partial charge >= 0.3 is 5.69 Å². The van der Waals surface area contributed by atoms with Crippen molar-refractivity contribution < 1.29 is 18.1 Å². The number of hydrogen-bond donors (Lipinski definition) is 0. The van der Waals surface area contributed by atoms with Gasteiger partial charge in [0.05, 0.1) is 22.1 Å². The largest absolute Gasteiger partial charge is 0.485 e. The van der Waals surface area contributed by atoms with Crippen molar-refractivity contribution in [2.75, 3.05) is 17.5 Å². The van der Waals surface area contributed by atoms with E-state index < -0.39 is 14.9 Å². The summed E-state index contributed by atoms with van der Waals surface area (Å²) in [6, 6.07) is 16.6. The molecule has 0 fully saturated rings. The van der Waals surface area contributed by atoms with Gasteiger partial charge in [-0.25, -0.2) is 8.42 Å². The van der Waals surface area contributed by atoms with E-state index in [0.29, 0.717) is 11.1 Å². The van der Waals surface area contributed by atoms with Gasteiger partial charge in [0, 0.05) is 11.5 Å². The molecule has 0 saturated carbocycles. The Morgan fingerprint density at radius 3 is 2.50 bits per heavy atom. The second-order valence-corrected chi connectivity index (χ2v) is 7.61. The van der Waals surface area contributed by atoms with Crippen LogP contribution in [0.3, 0.4) is 0 Å². The summed E-state index contributed by atoms with van der Waals surface area (Å²) >= 11 is 0. The van der Waals surface area contributed by atoms with Gasteiger partial charge in [0.25, 0.3) is 10.0 Å². The molecule has 0 N–H and O–H groups in total. The second kappa shape index (κ2) is 5.99. The summed E-state index contributed by atoms with van der Waals surface area (Å²) in [7, 11) is -3.66. The van der Waals surface area contributed by atoms with Gasteiger partial charge in [0.2, 0.25) is 0 Å². The molecule has 1 aliphatic heterocycles. The summed E-state index contributed by atoms with van der Waals surface area (Å²) < 4.78 is 32.5. The van der Waals surface area contributed by atoms with Crippen molar-refractivity contribution in [3.63, 3.8) is 0 Å². The highest BCUT2D eigenvalue weighted by Gasteiger charge is 2.35. The Morgan fingerprint density at radius 2 is 1.73 bits per heavy atom. The van der Waals surface area contributed by atoms with E-state index in [4.69, 9.17) is 4.74 Å². The van der Waals surface area contributed by atoms with Crippen molar-refractivity contribution in [1.82, 2.24) is 0 Å². The standard InChI is InChI=1S/C18H14N2O5S/c21-20(22)14-7-1-2-9-16(14)25-12-11-19-15-8-3-5-13-6-4-10-17(18(13)15)26(19,23)24/h1-10H,11-12H2. The lowest BCUT2D eigenvalue weighted by Gasteiger charge is -2.19. The average Bonchev–Trinajstić information content (AvgIpc) is 2.85. The van der Waals surface area contributed by atoms with Crippen LogP contribution in [0.5, 0.6) is 5.75 Å². The van der Waals surface area contributed by atoms with Gasteiger partial charge in [-0.1, -0.05) is 36.4 Å². The Labute approximate surface area is 149 Å². The number of para-hydroxylation sites is 2. The van der Waals surface area contributed by atoms with E-state index in [1.807, 2.05) is 12.1 Å². The Hall–Kier alpha value is -3.13. The number of rotatable bonds is 5. The molecule has 132 valence electrons. The summed E-state index contributed by atoms with van der Waals surface area (Å²) in [5.41, 5.74) is 0.450. The van der Waals surface area contributed by atoms with E-state index in [2.05, 4.69) is 0 Å². The van der Waals surface area contributed by atoms with Gasteiger partial charge < -0.3 is 4.74 Å². The minimum atomic E-state index is -3.66. The highest BCUT2D eigenvalue weighted by atomic mass is 32.2. The number of nitrogens with zero attached hydrogens (tertiary/aromatic N) is 2. The van der Waals surface area contributed by atoms with Crippen LogP contribution in [0.15, 0.2) is 65.6 Å².